The van der Waals surface area contributed by atoms with E-state index in [2.05, 4.69) is 45.7 Å². The van der Waals surface area contributed by atoms with E-state index in [9.17, 15) is 0 Å². The van der Waals surface area contributed by atoms with Crippen LogP contribution >= 0.6 is 22.7 Å². The quantitative estimate of drug-likeness (QED) is 0.743. The molecule has 0 atom stereocenters. The number of thiophene rings is 2. The van der Waals surface area contributed by atoms with Crippen molar-refractivity contribution < 1.29 is 0 Å². The Morgan fingerprint density at radius 1 is 0.773 bits per heavy atom. The summed E-state index contributed by atoms with van der Waals surface area (Å²) in [5.41, 5.74) is 0. The van der Waals surface area contributed by atoms with Crippen LogP contribution in [0.3, 0.4) is 0 Å². The highest BCUT2D eigenvalue weighted by atomic mass is 32.1. The molecule has 3 rings (SSSR count). The van der Waals surface area contributed by atoms with Crippen molar-refractivity contribution in [1.29, 1.82) is 0 Å². The molecule has 0 aromatic carbocycles. The van der Waals surface area contributed by atoms with Gasteiger partial charge < -0.3 is 10.6 Å². The van der Waals surface area contributed by atoms with Gasteiger partial charge in [-0.2, -0.15) is 0 Å². The fourth-order valence-electron chi connectivity index (χ4n) is 3.27. The van der Waals surface area contributed by atoms with Gasteiger partial charge in [-0.15, -0.1) is 22.7 Å². The maximum atomic E-state index is 3.63. The van der Waals surface area contributed by atoms with Crippen LogP contribution in [0.1, 0.15) is 35.4 Å². The fourth-order valence-corrected chi connectivity index (χ4v) is 4.61. The lowest BCUT2D eigenvalue weighted by molar-refractivity contribution is 0.261. The molecule has 0 unspecified atom stereocenters. The van der Waals surface area contributed by atoms with Gasteiger partial charge in [0.2, 0.25) is 0 Å². The van der Waals surface area contributed by atoms with Crippen molar-refractivity contribution in [2.45, 2.75) is 38.8 Å². The number of nitrogens with one attached hydrogen (secondary N) is 2. The highest BCUT2D eigenvalue weighted by Crippen LogP contribution is 2.28. The van der Waals surface area contributed by atoms with Gasteiger partial charge in [-0.1, -0.05) is 12.1 Å². The van der Waals surface area contributed by atoms with Gasteiger partial charge in [-0.05, 0) is 73.5 Å². The Labute approximate surface area is 142 Å². The Balaban J connectivity index is 1.26. The van der Waals surface area contributed by atoms with Crippen LogP contribution in [0.25, 0.3) is 0 Å². The third kappa shape index (κ3) is 5.20. The van der Waals surface area contributed by atoms with Crippen molar-refractivity contribution in [2.24, 2.45) is 11.8 Å². The van der Waals surface area contributed by atoms with E-state index < -0.39 is 0 Å². The summed E-state index contributed by atoms with van der Waals surface area (Å²) >= 11 is 3.70. The van der Waals surface area contributed by atoms with Gasteiger partial charge in [0.25, 0.3) is 0 Å². The van der Waals surface area contributed by atoms with Crippen molar-refractivity contribution in [2.75, 3.05) is 13.1 Å². The van der Waals surface area contributed by atoms with Crippen LogP contribution in [0, 0.1) is 11.8 Å². The van der Waals surface area contributed by atoms with Crippen LogP contribution in [0.15, 0.2) is 35.0 Å². The van der Waals surface area contributed by atoms with Crippen molar-refractivity contribution in [3.8, 4) is 0 Å². The summed E-state index contributed by atoms with van der Waals surface area (Å²) < 4.78 is 0. The molecule has 0 saturated heterocycles. The molecular formula is C18H26N2S2. The fraction of sp³-hybridized carbons (Fsp3) is 0.556. The molecule has 0 radical (unpaired) electrons. The van der Waals surface area contributed by atoms with Crippen molar-refractivity contribution >= 4 is 22.7 Å². The summed E-state index contributed by atoms with van der Waals surface area (Å²) in [6.45, 7) is 4.46. The minimum atomic E-state index is 0.883. The standard InChI is InChI=1S/C18H26N2S2/c1-3-17(21-9-1)13-19-11-15-5-7-16(8-6-15)12-20-14-18-4-2-10-22-18/h1-4,9-10,15-16,19-20H,5-8,11-14H2. The van der Waals surface area contributed by atoms with Crippen LogP contribution in [0.2, 0.25) is 0 Å². The van der Waals surface area contributed by atoms with Gasteiger partial charge in [0.1, 0.15) is 0 Å². The molecule has 22 heavy (non-hydrogen) atoms. The molecule has 2 N–H and O–H groups in total. The molecule has 1 fully saturated rings. The number of hydrogen-bond acceptors (Lipinski definition) is 4. The predicted molar refractivity (Wildman–Crippen MR) is 97.5 cm³/mol. The first kappa shape index (κ1) is 16.2. The van der Waals surface area contributed by atoms with Gasteiger partial charge in [0.05, 0.1) is 0 Å². The normalized spacial score (nSPS) is 22.0. The molecule has 1 aliphatic rings. The largest absolute Gasteiger partial charge is 0.312 e. The number of hydrogen-bond donors (Lipinski definition) is 2. The van der Waals surface area contributed by atoms with E-state index in [-0.39, 0.29) is 0 Å². The van der Waals surface area contributed by atoms with E-state index in [1.165, 1.54) is 48.5 Å². The first-order valence-electron chi connectivity index (χ1n) is 8.36. The molecule has 120 valence electrons. The summed E-state index contributed by atoms with van der Waals surface area (Å²) in [6, 6.07) is 8.70. The topological polar surface area (TPSA) is 24.1 Å². The molecule has 0 amide bonds. The van der Waals surface area contributed by atoms with E-state index in [4.69, 9.17) is 0 Å². The lowest BCUT2D eigenvalue weighted by atomic mass is 9.82. The van der Waals surface area contributed by atoms with E-state index in [0.717, 1.165) is 24.9 Å². The van der Waals surface area contributed by atoms with E-state index in [1.807, 2.05) is 22.7 Å². The van der Waals surface area contributed by atoms with Gasteiger partial charge in [-0.25, -0.2) is 0 Å². The molecule has 2 aromatic rings. The third-order valence-corrected chi connectivity index (χ3v) is 6.34. The second-order valence-electron chi connectivity index (χ2n) is 6.31. The number of rotatable bonds is 8. The monoisotopic (exact) mass is 334 g/mol. The smallest absolute Gasteiger partial charge is 0.0299 e. The highest BCUT2D eigenvalue weighted by Gasteiger charge is 2.20. The molecule has 2 aromatic heterocycles. The molecule has 0 bridgehead atoms. The van der Waals surface area contributed by atoms with Crippen LogP contribution in [0.5, 0.6) is 0 Å². The second kappa shape index (κ2) is 8.82. The summed E-state index contributed by atoms with van der Waals surface area (Å²) in [5, 5.41) is 11.6. The summed E-state index contributed by atoms with van der Waals surface area (Å²) in [4.78, 5) is 2.90. The van der Waals surface area contributed by atoms with Crippen LogP contribution in [0.4, 0.5) is 0 Å². The molecular weight excluding hydrogens is 308 g/mol. The van der Waals surface area contributed by atoms with E-state index in [1.54, 1.807) is 0 Å². The van der Waals surface area contributed by atoms with Crippen molar-refractivity contribution in [3.05, 3.63) is 44.8 Å². The van der Waals surface area contributed by atoms with E-state index in [0.29, 0.717) is 0 Å². The van der Waals surface area contributed by atoms with E-state index >= 15 is 0 Å². The molecule has 1 aliphatic carbocycles. The third-order valence-electron chi connectivity index (χ3n) is 4.59. The van der Waals surface area contributed by atoms with Gasteiger partial charge in [0.15, 0.2) is 0 Å². The predicted octanol–water partition coefficient (Wildman–Crippen LogP) is 4.50. The Kier molecular flexibility index (Phi) is 6.49. The minimum absolute atomic E-state index is 0.883. The SMILES string of the molecule is c1csc(CNCC2CCC(CNCc3cccs3)CC2)c1. The van der Waals surface area contributed by atoms with Crippen molar-refractivity contribution in [1.82, 2.24) is 10.6 Å². The molecule has 2 nitrogen and oxygen atoms in total. The second-order valence-corrected chi connectivity index (χ2v) is 8.37. The average Bonchev–Trinajstić information content (AvgIpc) is 3.22. The first-order valence-corrected chi connectivity index (χ1v) is 10.1. The molecule has 4 heteroatoms. The Morgan fingerprint density at radius 3 is 1.59 bits per heavy atom. The highest BCUT2D eigenvalue weighted by molar-refractivity contribution is 7.10. The summed E-state index contributed by atoms with van der Waals surface area (Å²) in [6.07, 6.45) is 5.57. The maximum Gasteiger partial charge on any atom is 0.0299 e. The molecule has 0 aliphatic heterocycles. The van der Waals surface area contributed by atoms with Gasteiger partial charge >= 0.3 is 0 Å². The van der Waals surface area contributed by atoms with Crippen molar-refractivity contribution in [3.63, 3.8) is 0 Å². The Morgan fingerprint density at radius 2 is 1.23 bits per heavy atom. The molecule has 0 spiro atoms. The van der Waals surface area contributed by atoms with Crippen LogP contribution in [-0.2, 0) is 13.1 Å². The lowest BCUT2D eigenvalue weighted by Gasteiger charge is -2.28. The summed E-state index contributed by atoms with van der Waals surface area (Å²) in [5.74, 6) is 1.77. The summed E-state index contributed by atoms with van der Waals surface area (Å²) in [7, 11) is 0. The van der Waals surface area contributed by atoms with Crippen LogP contribution in [-0.4, -0.2) is 13.1 Å². The molecule has 2 heterocycles. The zero-order valence-electron chi connectivity index (χ0n) is 13.1. The maximum absolute atomic E-state index is 3.63. The minimum Gasteiger partial charge on any atom is -0.312 e. The first-order chi connectivity index (χ1) is 10.9. The zero-order valence-corrected chi connectivity index (χ0v) is 14.7. The van der Waals surface area contributed by atoms with Gasteiger partial charge in [0, 0.05) is 22.8 Å². The Hall–Kier alpha value is -0.680. The van der Waals surface area contributed by atoms with Crippen LogP contribution < -0.4 is 10.6 Å². The zero-order chi connectivity index (χ0) is 15.0. The van der Waals surface area contributed by atoms with Gasteiger partial charge in [-0.3, -0.25) is 0 Å². The Bertz CT molecular complexity index is 451. The average molecular weight is 335 g/mol. The lowest BCUT2D eigenvalue weighted by Crippen LogP contribution is -2.30. The molecule has 1 saturated carbocycles.